The van der Waals surface area contributed by atoms with Gasteiger partial charge in [-0.15, -0.1) is 0 Å². The Morgan fingerprint density at radius 1 is 1.15 bits per heavy atom. The Morgan fingerprint density at radius 3 is 2.56 bits per heavy atom. The first-order valence-corrected chi connectivity index (χ1v) is 9.51. The number of carbonyl (C=O) groups is 1. The molecule has 2 aromatic heterocycles. The zero-order chi connectivity index (χ0) is 19.1. The molecule has 1 aromatic carbocycles. The van der Waals surface area contributed by atoms with Crippen molar-refractivity contribution in [3.63, 3.8) is 0 Å². The number of benzene rings is 1. The maximum absolute atomic E-state index is 13.1. The van der Waals surface area contributed by atoms with E-state index in [1.165, 1.54) is 11.1 Å². The smallest absolute Gasteiger partial charge is 0.270 e. The van der Waals surface area contributed by atoms with E-state index in [4.69, 9.17) is 0 Å². The van der Waals surface area contributed by atoms with Crippen LogP contribution in [0.2, 0.25) is 0 Å². The fourth-order valence-corrected chi connectivity index (χ4v) is 4.01. The van der Waals surface area contributed by atoms with E-state index in [0.29, 0.717) is 0 Å². The lowest BCUT2D eigenvalue weighted by Gasteiger charge is -2.34. The second-order valence-electron chi connectivity index (χ2n) is 7.65. The molecule has 6 heteroatoms. The Morgan fingerprint density at radius 2 is 1.89 bits per heavy atom. The Balaban J connectivity index is 1.48. The van der Waals surface area contributed by atoms with Crippen LogP contribution in [-0.2, 0) is 13.6 Å². The molecule has 142 valence electrons. The van der Waals surface area contributed by atoms with Crippen molar-refractivity contribution in [2.75, 3.05) is 26.2 Å². The lowest BCUT2D eigenvalue weighted by molar-refractivity contribution is 0.0619. The summed E-state index contributed by atoms with van der Waals surface area (Å²) >= 11 is 0. The van der Waals surface area contributed by atoms with Crippen LogP contribution >= 0.6 is 0 Å². The van der Waals surface area contributed by atoms with Crippen molar-refractivity contribution in [3.05, 3.63) is 52.7 Å². The first kappa shape index (κ1) is 17.8. The second kappa shape index (κ2) is 6.85. The fraction of sp³-hybridized carbons (Fsp3) is 0.429. The number of aromatic nitrogens is 3. The number of hydrogen-bond acceptors (Lipinski definition) is 3. The fourth-order valence-electron chi connectivity index (χ4n) is 4.01. The summed E-state index contributed by atoms with van der Waals surface area (Å²) in [4.78, 5) is 25.2. The van der Waals surface area contributed by atoms with Gasteiger partial charge in [0.05, 0.1) is 6.54 Å². The number of fused-ring (bicyclic) bond motifs is 1. The van der Waals surface area contributed by atoms with E-state index in [-0.39, 0.29) is 5.91 Å². The van der Waals surface area contributed by atoms with Crippen LogP contribution in [0.1, 0.15) is 33.0 Å². The molecule has 3 heterocycles. The molecule has 1 aliphatic heterocycles. The number of nitrogens with zero attached hydrogens (tertiary/aromatic N) is 4. The first-order chi connectivity index (χ1) is 12.9. The van der Waals surface area contributed by atoms with Gasteiger partial charge in [-0.2, -0.15) is 0 Å². The number of rotatable bonds is 3. The predicted molar refractivity (Wildman–Crippen MR) is 107 cm³/mol. The van der Waals surface area contributed by atoms with E-state index in [1.807, 2.05) is 31.3 Å². The van der Waals surface area contributed by atoms with Gasteiger partial charge in [0, 0.05) is 56.5 Å². The predicted octanol–water partition coefficient (Wildman–Crippen LogP) is 2.78. The number of aryl methyl sites for hydroxylation is 4. The Kier molecular flexibility index (Phi) is 4.52. The van der Waals surface area contributed by atoms with E-state index < -0.39 is 0 Å². The van der Waals surface area contributed by atoms with E-state index in [2.05, 4.69) is 45.4 Å². The van der Waals surface area contributed by atoms with E-state index in [1.54, 1.807) is 0 Å². The monoisotopic (exact) mass is 365 g/mol. The highest BCUT2D eigenvalue weighted by Crippen LogP contribution is 2.27. The summed E-state index contributed by atoms with van der Waals surface area (Å²) in [6, 6.07) is 4.32. The highest BCUT2D eigenvalue weighted by Gasteiger charge is 2.25. The maximum atomic E-state index is 13.1. The van der Waals surface area contributed by atoms with Crippen molar-refractivity contribution >= 4 is 16.8 Å². The number of nitrogens with one attached hydrogen (secondary N) is 1. The number of aromatic amines is 1. The Labute approximate surface area is 159 Å². The van der Waals surface area contributed by atoms with Crippen LogP contribution in [0.5, 0.6) is 0 Å². The van der Waals surface area contributed by atoms with Crippen molar-refractivity contribution in [1.82, 2.24) is 24.3 Å². The zero-order valence-corrected chi connectivity index (χ0v) is 16.5. The molecule has 0 unspecified atom stereocenters. The van der Waals surface area contributed by atoms with E-state index >= 15 is 0 Å². The standard InChI is InChI=1S/C21H27N5O/c1-14-11-15(2)19-17(12-14)16(3)20(23-19)21(27)26-9-7-25(8-10-26)13-18-22-5-6-24(18)4/h5-6,11-12,23H,7-10,13H2,1-4H3. The molecule has 0 aliphatic carbocycles. The summed E-state index contributed by atoms with van der Waals surface area (Å²) in [5.41, 5.74) is 5.28. The lowest BCUT2D eigenvalue weighted by atomic mass is 10.1. The number of carbonyl (C=O) groups excluding carboxylic acids is 1. The molecule has 0 atom stereocenters. The van der Waals surface area contributed by atoms with Crippen molar-refractivity contribution < 1.29 is 4.79 Å². The molecule has 1 amide bonds. The van der Waals surface area contributed by atoms with E-state index in [0.717, 1.165) is 60.7 Å². The first-order valence-electron chi connectivity index (χ1n) is 9.51. The third-order valence-corrected chi connectivity index (χ3v) is 5.67. The minimum absolute atomic E-state index is 0.109. The number of imidazole rings is 1. The van der Waals surface area contributed by atoms with Gasteiger partial charge in [0.2, 0.25) is 0 Å². The number of amides is 1. The van der Waals surface area contributed by atoms with Gasteiger partial charge in [-0.3, -0.25) is 9.69 Å². The van der Waals surface area contributed by atoms with Crippen LogP contribution in [-0.4, -0.2) is 56.4 Å². The van der Waals surface area contributed by atoms with Gasteiger partial charge in [0.25, 0.3) is 5.91 Å². The lowest BCUT2D eigenvalue weighted by Crippen LogP contribution is -2.48. The van der Waals surface area contributed by atoms with Gasteiger partial charge in [0.1, 0.15) is 11.5 Å². The van der Waals surface area contributed by atoms with Crippen molar-refractivity contribution in [1.29, 1.82) is 0 Å². The van der Waals surface area contributed by atoms with Gasteiger partial charge < -0.3 is 14.5 Å². The summed E-state index contributed by atoms with van der Waals surface area (Å²) < 4.78 is 2.05. The van der Waals surface area contributed by atoms with Crippen LogP contribution in [0.25, 0.3) is 10.9 Å². The molecule has 0 bridgehead atoms. The van der Waals surface area contributed by atoms with Crippen molar-refractivity contribution in [2.45, 2.75) is 27.3 Å². The van der Waals surface area contributed by atoms with Gasteiger partial charge in [-0.1, -0.05) is 11.6 Å². The van der Waals surface area contributed by atoms with Gasteiger partial charge in [-0.05, 0) is 38.0 Å². The highest BCUT2D eigenvalue weighted by molar-refractivity contribution is 6.01. The summed E-state index contributed by atoms with van der Waals surface area (Å²) in [7, 11) is 2.02. The van der Waals surface area contributed by atoms with Crippen LogP contribution < -0.4 is 0 Å². The van der Waals surface area contributed by atoms with Gasteiger partial charge in [0.15, 0.2) is 0 Å². The Bertz CT molecular complexity index is 992. The minimum atomic E-state index is 0.109. The number of piperazine rings is 1. The molecule has 4 rings (SSSR count). The zero-order valence-electron chi connectivity index (χ0n) is 16.5. The molecular formula is C21H27N5O. The summed E-state index contributed by atoms with van der Waals surface area (Å²) in [5.74, 6) is 1.17. The maximum Gasteiger partial charge on any atom is 0.270 e. The highest BCUT2D eigenvalue weighted by atomic mass is 16.2. The minimum Gasteiger partial charge on any atom is -0.350 e. The molecule has 0 saturated carbocycles. The molecule has 1 N–H and O–H groups in total. The third-order valence-electron chi connectivity index (χ3n) is 5.67. The molecule has 3 aromatic rings. The molecule has 0 radical (unpaired) electrons. The summed E-state index contributed by atoms with van der Waals surface area (Å²) in [6.07, 6.45) is 3.80. The quantitative estimate of drug-likeness (QED) is 0.776. The number of H-pyrrole nitrogens is 1. The molecule has 1 fully saturated rings. The average molecular weight is 365 g/mol. The molecule has 6 nitrogen and oxygen atoms in total. The van der Waals surface area contributed by atoms with Gasteiger partial charge >= 0.3 is 0 Å². The van der Waals surface area contributed by atoms with E-state index in [9.17, 15) is 4.79 Å². The molecule has 0 spiro atoms. The summed E-state index contributed by atoms with van der Waals surface area (Å²) in [5, 5.41) is 1.16. The van der Waals surface area contributed by atoms with Crippen LogP contribution in [0.15, 0.2) is 24.5 Å². The van der Waals surface area contributed by atoms with Crippen molar-refractivity contribution in [2.24, 2.45) is 7.05 Å². The van der Waals surface area contributed by atoms with Gasteiger partial charge in [-0.25, -0.2) is 4.98 Å². The average Bonchev–Trinajstić information content (AvgIpc) is 3.19. The largest absolute Gasteiger partial charge is 0.350 e. The van der Waals surface area contributed by atoms with Crippen LogP contribution in [0, 0.1) is 20.8 Å². The number of hydrogen-bond donors (Lipinski definition) is 1. The normalized spacial score (nSPS) is 15.6. The second-order valence-corrected chi connectivity index (χ2v) is 7.65. The SMILES string of the molecule is Cc1cc(C)c2[nH]c(C(=O)N3CCN(Cc4nccn4C)CC3)c(C)c2c1. The molecule has 1 saturated heterocycles. The topological polar surface area (TPSA) is 57.2 Å². The van der Waals surface area contributed by atoms with Crippen molar-refractivity contribution in [3.8, 4) is 0 Å². The molecule has 1 aliphatic rings. The summed E-state index contributed by atoms with van der Waals surface area (Å²) in [6.45, 7) is 10.3. The molecule has 27 heavy (non-hydrogen) atoms. The third kappa shape index (κ3) is 3.25. The van der Waals surface area contributed by atoms with Crippen LogP contribution in [0.4, 0.5) is 0 Å². The Hall–Kier alpha value is -2.60. The molecular weight excluding hydrogens is 338 g/mol. The van der Waals surface area contributed by atoms with Crippen LogP contribution in [0.3, 0.4) is 0 Å².